The highest BCUT2D eigenvalue weighted by molar-refractivity contribution is 5.90. The lowest BCUT2D eigenvalue weighted by Gasteiger charge is -2.09. The molecule has 2 N–H and O–H groups in total. The predicted molar refractivity (Wildman–Crippen MR) is 65.6 cm³/mol. The molecule has 88 valence electrons. The summed E-state index contributed by atoms with van der Waals surface area (Å²) in [6.45, 7) is 4.00. The van der Waals surface area contributed by atoms with Crippen LogP contribution in [0.2, 0.25) is 0 Å². The summed E-state index contributed by atoms with van der Waals surface area (Å²) in [4.78, 5) is 25.6. The summed E-state index contributed by atoms with van der Waals surface area (Å²) >= 11 is 0. The number of fused-ring (bicyclic) bond motifs is 1. The highest BCUT2D eigenvalue weighted by Crippen LogP contribution is 2.21. The van der Waals surface area contributed by atoms with Crippen LogP contribution in [0.1, 0.15) is 35.8 Å². The Morgan fingerprint density at radius 2 is 2.06 bits per heavy atom. The van der Waals surface area contributed by atoms with Crippen molar-refractivity contribution >= 4 is 16.9 Å². The maximum atomic E-state index is 11.9. The number of aromatic carboxylic acids is 1. The maximum absolute atomic E-state index is 11.9. The standard InChI is InChI=1S/C13H13NO3/c1-7(2)8-4-3-5-9-12(8)11(15)6-10(14-9)13(16)17/h3-7H,1-2H3,(H,14,15)(H,16,17). The number of hydrogen-bond acceptors (Lipinski definition) is 2. The maximum Gasteiger partial charge on any atom is 0.352 e. The first kappa shape index (κ1) is 11.4. The fraction of sp³-hybridized carbons (Fsp3) is 0.231. The molecule has 0 aliphatic rings. The molecule has 0 spiro atoms. The van der Waals surface area contributed by atoms with E-state index >= 15 is 0 Å². The van der Waals surface area contributed by atoms with Gasteiger partial charge in [0.2, 0.25) is 0 Å². The summed E-state index contributed by atoms with van der Waals surface area (Å²) in [6.07, 6.45) is 0. The first-order valence-corrected chi connectivity index (χ1v) is 5.40. The van der Waals surface area contributed by atoms with Crippen LogP contribution in [0.3, 0.4) is 0 Å². The van der Waals surface area contributed by atoms with E-state index in [0.29, 0.717) is 10.9 Å². The molecule has 0 aliphatic carbocycles. The van der Waals surface area contributed by atoms with Gasteiger partial charge in [0.25, 0.3) is 0 Å². The molecule has 0 aliphatic heterocycles. The van der Waals surface area contributed by atoms with Gasteiger partial charge >= 0.3 is 5.97 Å². The van der Waals surface area contributed by atoms with E-state index in [1.807, 2.05) is 26.0 Å². The Hall–Kier alpha value is -2.10. The second kappa shape index (κ2) is 4.05. The van der Waals surface area contributed by atoms with Crippen LogP contribution in [0, 0.1) is 0 Å². The third kappa shape index (κ3) is 1.93. The summed E-state index contributed by atoms with van der Waals surface area (Å²) in [5, 5.41) is 9.45. The fourth-order valence-corrected chi connectivity index (χ4v) is 1.93. The van der Waals surface area contributed by atoms with Gasteiger partial charge in [0, 0.05) is 11.5 Å². The zero-order valence-electron chi connectivity index (χ0n) is 9.65. The summed E-state index contributed by atoms with van der Waals surface area (Å²) in [5.74, 6) is -0.908. The smallest absolute Gasteiger partial charge is 0.352 e. The molecule has 1 aromatic heterocycles. The minimum absolute atomic E-state index is 0.0802. The normalized spacial score (nSPS) is 11.0. The zero-order valence-corrected chi connectivity index (χ0v) is 9.65. The van der Waals surface area contributed by atoms with Crippen LogP contribution >= 0.6 is 0 Å². The predicted octanol–water partition coefficient (Wildman–Crippen LogP) is 2.35. The van der Waals surface area contributed by atoms with Crippen LogP contribution in [0.15, 0.2) is 29.1 Å². The molecule has 0 saturated carbocycles. The minimum Gasteiger partial charge on any atom is -0.477 e. The van der Waals surface area contributed by atoms with Gasteiger partial charge in [-0.05, 0) is 17.5 Å². The molecule has 0 bridgehead atoms. The van der Waals surface area contributed by atoms with E-state index in [2.05, 4.69) is 4.98 Å². The van der Waals surface area contributed by atoms with Gasteiger partial charge in [0.1, 0.15) is 5.69 Å². The summed E-state index contributed by atoms with van der Waals surface area (Å²) in [6, 6.07) is 6.56. The number of carbonyl (C=O) groups is 1. The van der Waals surface area contributed by atoms with Gasteiger partial charge in [0.15, 0.2) is 5.43 Å². The number of aromatic nitrogens is 1. The fourth-order valence-electron chi connectivity index (χ4n) is 1.93. The van der Waals surface area contributed by atoms with Gasteiger partial charge < -0.3 is 10.1 Å². The van der Waals surface area contributed by atoms with Gasteiger partial charge in [-0.25, -0.2) is 4.79 Å². The van der Waals surface area contributed by atoms with E-state index in [1.54, 1.807) is 6.07 Å². The number of carboxylic acid groups (broad SMARTS) is 1. The van der Waals surface area contributed by atoms with Crippen LogP contribution in [-0.2, 0) is 0 Å². The Balaban J connectivity index is 2.86. The van der Waals surface area contributed by atoms with Crippen molar-refractivity contribution in [2.24, 2.45) is 0 Å². The molecule has 1 aromatic carbocycles. The largest absolute Gasteiger partial charge is 0.477 e. The average molecular weight is 231 g/mol. The van der Waals surface area contributed by atoms with Crippen molar-refractivity contribution in [3.63, 3.8) is 0 Å². The van der Waals surface area contributed by atoms with Crippen molar-refractivity contribution in [1.29, 1.82) is 0 Å². The van der Waals surface area contributed by atoms with Crippen molar-refractivity contribution in [2.75, 3.05) is 0 Å². The topological polar surface area (TPSA) is 70.2 Å². The Bertz CT molecular complexity index is 641. The molecule has 0 fully saturated rings. The lowest BCUT2D eigenvalue weighted by molar-refractivity contribution is 0.0691. The third-order valence-corrected chi connectivity index (χ3v) is 2.74. The molecule has 1 heterocycles. The number of rotatable bonds is 2. The van der Waals surface area contributed by atoms with E-state index in [0.717, 1.165) is 11.6 Å². The van der Waals surface area contributed by atoms with Crippen LogP contribution in [0.5, 0.6) is 0 Å². The van der Waals surface area contributed by atoms with Gasteiger partial charge in [-0.1, -0.05) is 26.0 Å². The van der Waals surface area contributed by atoms with E-state index in [4.69, 9.17) is 5.11 Å². The number of H-pyrrole nitrogens is 1. The van der Waals surface area contributed by atoms with Gasteiger partial charge in [-0.2, -0.15) is 0 Å². The Labute approximate surface area is 97.9 Å². The molecular formula is C13H13NO3. The highest BCUT2D eigenvalue weighted by Gasteiger charge is 2.12. The molecule has 2 aromatic rings. The first-order valence-electron chi connectivity index (χ1n) is 5.40. The van der Waals surface area contributed by atoms with Crippen LogP contribution in [0.25, 0.3) is 10.9 Å². The lowest BCUT2D eigenvalue weighted by atomic mass is 9.98. The SMILES string of the molecule is CC(C)c1cccc2[nH]c(C(=O)O)cc(=O)c12. The van der Waals surface area contributed by atoms with Crippen molar-refractivity contribution in [2.45, 2.75) is 19.8 Å². The number of pyridine rings is 1. The molecule has 2 rings (SSSR count). The van der Waals surface area contributed by atoms with E-state index in [1.165, 1.54) is 0 Å². The molecule has 0 radical (unpaired) electrons. The van der Waals surface area contributed by atoms with E-state index in [-0.39, 0.29) is 17.0 Å². The summed E-state index contributed by atoms with van der Waals surface area (Å²) in [7, 11) is 0. The van der Waals surface area contributed by atoms with Crippen molar-refractivity contribution in [3.05, 3.63) is 45.7 Å². The van der Waals surface area contributed by atoms with Crippen molar-refractivity contribution in [3.8, 4) is 0 Å². The molecule has 17 heavy (non-hydrogen) atoms. The Morgan fingerprint density at radius 1 is 1.35 bits per heavy atom. The van der Waals surface area contributed by atoms with Gasteiger partial charge in [-0.15, -0.1) is 0 Å². The zero-order chi connectivity index (χ0) is 12.6. The summed E-state index contributed by atoms with van der Waals surface area (Å²) < 4.78 is 0. The minimum atomic E-state index is -1.13. The number of aromatic amines is 1. The first-order chi connectivity index (χ1) is 8.00. The van der Waals surface area contributed by atoms with E-state index < -0.39 is 5.97 Å². The Kier molecular flexibility index (Phi) is 2.71. The van der Waals surface area contributed by atoms with E-state index in [9.17, 15) is 9.59 Å². The van der Waals surface area contributed by atoms with Crippen LogP contribution < -0.4 is 5.43 Å². The van der Waals surface area contributed by atoms with Crippen LogP contribution in [0.4, 0.5) is 0 Å². The second-order valence-corrected chi connectivity index (χ2v) is 4.28. The molecule has 4 nitrogen and oxygen atoms in total. The Morgan fingerprint density at radius 3 is 2.65 bits per heavy atom. The number of benzene rings is 1. The van der Waals surface area contributed by atoms with Crippen molar-refractivity contribution in [1.82, 2.24) is 4.98 Å². The quantitative estimate of drug-likeness (QED) is 0.833. The lowest BCUT2D eigenvalue weighted by Crippen LogP contribution is -2.11. The van der Waals surface area contributed by atoms with Crippen molar-refractivity contribution < 1.29 is 9.90 Å². The van der Waals surface area contributed by atoms with Crippen LogP contribution in [-0.4, -0.2) is 16.1 Å². The number of hydrogen-bond donors (Lipinski definition) is 2. The molecule has 0 unspecified atom stereocenters. The van der Waals surface area contributed by atoms with Gasteiger partial charge in [-0.3, -0.25) is 4.79 Å². The molecule has 0 atom stereocenters. The molecule has 4 heteroatoms. The highest BCUT2D eigenvalue weighted by atomic mass is 16.4. The second-order valence-electron chi connectivity index (χ2n) is 4.28. The number of nitrogens with one attached hydrogen (secondary N) is 1. The third-order valence-electron chi connectivity index (χ3n) is 2.74. The molecular weight excluding hydrogens is 218 g/mol. The summed E-state index contributed by atoms with van der Waals surface area (Å²) in [5.41, 5.74) is 1.17. The monoisotopic (exact) mass is 231 g/mol. The molecule has 0 amide bonds. The average Bonchev–Trinajstić information content (AvgIpc) is 2.27. The molecule has 0 saturated heterocycles. The number of carboxylic acids is 1. The van der Waals surface area contributed by atoms with Gasteiger partial charge in [0.05, 0.1) is 5.52 Å².